The highest BCUT2D eigenvalue weighted by Crippen LogP contribution is 2.49. The van der Waals surface area contributed by atoms with E-state index < -0.39 is 0 Å². The SMILES string of the molecule is NCC(CO)(CC1CCCCC1)C1CC1. The van der Waals surface area contributed by atoms with Crippen molar-refractivity contribution in [3.8, 4) is 0 Å². The van der Waals surface area contributed by atoms with Gasteiger partial charge < -0.3 is 10.8 Å². The summed E-state index contributed by atoms with van der Waals surface area (Å²) in [5, 5.41) is 9.64. The minimum atomic E-state index is 0.0853. The van der Waals surface area contributed by atoms with E-state index in [1.807, 2.05) is 0 Å². The molecule has 2 fully saturated rings. The van der Waals surface area contributed by atoms with Crippen molar-refractivity contribution < 1.29 is 5.11 Å². The normalized spacial score (nSPS) is 27.6. The van der Waals surface area contributed by atoms with Crippen molar-refractivity contribution in [3.05, 3.63) is 0 Å². The van der Waals surface area contributed by atoms with Crippen molar-refractivity contribution in [1.82, 2.24) is 0 Å². The second-order valence-electron chi connectivity index (χ2n) is 5.71. The lowest BCUT2D eigenvalue weighted by Crippen LogP contribution is -2.38. The number of hydrogen-bond acceptors (Lipinski definition) is 2. The van der Waals surface area contributed by atoms with Crippen LogP contribution < -0.4 is 5.73 Å². The van der Waals surface area contributed by atoms with Gasteiger partial charge in [-0.25, -0.2) is 0 Å². The summed E-state index contributed by atoms with van der Waals surface area (Å²) in [4.78, 5) is 0. The molecule has 1 unspecified atom stereocenters. The van der Waals surface area contributed by atoms with Crippen LogP contribution in [0.3, 0.4) is 0 Å². The summed E-state index contributed by atoms with van der Waals surface area (Å²) in [6, 6.07) is 0. The number of aliphatic hydroxyl groups excluding tert-OH is 1. The molecule has 0 bridgehead atoms. The molecular formula is C13H25NO. The lowest BCUT2D eigenvalue weighted by atomic mass is 9.72. The van der Waals surface area contributed by atoms with Crippen LogP contribution in [-0.2, 0) is 0 Å². The molecule has 0 radical (unpaired) electrons. The number of aliphatic hydroxyl groups is 1. The largest absolute Gasteiger partial charge is 0.396 e. The maximum atomic E-state index is 9.64. The molecule has 0 aromatic heterocycles. The van der Waals surface area contributed by atoms with Crippen LogP contribution in [-0.4, -0.2) is 18.3 Å². The van der Waals surface area contributed by atoms with Crippen molar-refractivity contribution >= 4 is 0 Å². The average Bonchev–Trinajstić information content (AvgIpc) is 3.12. The second-order valence-corrected chi connectivity index (χ2v) is 5.71. The third kappa shape index (κ3) is 2.54. The van der Waals surface area contributed by atoms with Crippen LogP contribution in [0.15, 0.2) is 0 Å². The Morgan fingerprint density at radius 3 is 2.20 bits per heavy atom. The van der Waals surface area contributed by atoms with E-state index in [1.54, 1.807) is 0 Å². The first-order chi connectivity index (χ1) is 7.30. The molecule has 2 aliphatic carbocycles. The Morgan fingerprint density at radius 2 is 1.73 bits per heavy atom. The molecule has 2 rings (SSSR count). The van der Waals surface area contributed by atoms with Crippen LogP contribution >= 0.6 is 0 Å². The quantitative estimate of drug-likeness (QED) is 0.733. The minimum Gasteiger partial charge on any atom is -0.396 e. The minimum absolute atomic E-state index is 0.0853. The standard InChI is InChI=1S/C13H25NO/c14-9-13(10-15,12-6-7-12)8-11-4-2-1-3-5-11/h11-12,15H,1-10,14H2. The summed E-state index contributed by atoms with van der Waals surface area (Å²) < 4.78 is 0. The Balaban J connectivity index is 1.92. The fourth-order valence-corrected chi connectivity index (χ4v) is 3.34. The molecule has 2 nitrogen and oxygen atoms in total. The molecule has 0 spiro atoms. The lowest BCUT2D eigenvalue weighted by molar-refractivity contribution is 0.0723. The first kappa shape index (κ1) is 11.4. The summed E-state index contributed by atoms with van der Waals surface area (Å²) in [6.45, 7) is 0.995. The summed E-state index contributed by atoms with van der Waals surface area (Å²) >= 11 is 0. The Morgan fingerprint density at radius 1 is 1.07 bits per heavy atom. The summed E-state index contributed by atoms with van der Waals surface area (Å²) in [7, 11) is 0. The van der Waals surface area contributed by atoms with E-state index in [9.17, 15) is 5.11 Å². The predicted molar refractivity (Wildman–Crippen MR) is 62.5 cm³/mol. The van der Waals surface area contributed by atoms with Crippen molar-refractivity contribution in [1.29, 1.82) is 0 Å². The maximum absolute atomic E-state index is 9.64. The van der Waals surface area contributed by atoms with Gasteiger partial charge in [0, 0.05) is 12.0 Å². The Hall–Kier alpha value is -0.0800. The van der Waals surface area contributed by atoms with Crippen molar-refractivity contribution in [2.24, 2.45) is 23.0 Å². The molecule has 2 saturated carbocycles. The zero-order valence-corrected chi connectivity index (χ0v) is 9.75. The first-order valence-corrected chi connectivity index (χ1v) is 6.62. The van der Waals surface area contributed by atoms with Gasteiger partial charge in [0.2, 0.25) is 0 Å². The predicted octanol–water partition coefficient (Wildman–Crippen LogP) is 2.30. The van der Waals surface area contributed by atoms with Gasteiger partial charge in [-0.1, -0.05) is 32.1 Å². The number of nitrogens with two attached hydrogens (primary N) is 1. The Kier molecular flexibility index (Phi) is 3.68. The van der Waals surface area contributed by atoms with E-state index in [-0.39, 0.29) is 5.41 Å². The summed E-state index contributed by atoms with van der Waals surface area (Å²) in [6.07, 6.45) is 10.7. The highest BCUT2D eigenvalue weighted by molar-refractivity contribution is 4.96. The molecule has 0 aromatic carbocycles. The van der Waals surface area contributed by atoms with Crippen LogP contribution in [0.2, 0.25) is 0 Å². The van der Waals surface area contributed by atoms with Gasteiger partial charge in [0.05, 0.1) is 6.61 Å². The van der Waals surface area contributed by atoms with E-state index in [0.717, 1.165) is 11.8 Å². The number of hydrogen-bond donors (Lipinski definition) is 2. The van der Waals surface area contributed by atoms with E-state index in [1.165, 1.54) is 51.4 Å². The van der Waals surface area contributed by atoms with Crippen LogP contribution in [0.5, 0.6) is 0 Å². The van der Waals surface area contributed by atoms with E-state index >= 15 is 0 Å². The molecule has 3 N–H and O–H groups in total. The second kappa shape index (κ2) is 4.84. The van der Waals surface area contributed by atoms with Gasteiger partial charge in [-0.3, -0.25) is 0 Å². The fraction of sp³-hybridized carbons (Fsp3) is 1.00. The van der Waals surface area contributed by atoms with Crippen LogP contribution in [0.25, 0.3) is 0 Å². The zero-order valence-electron chi connectivity index (χ0n) is 9.75. The van der Waals surface area contributed by atoms with Gasteiger partial charge >= 0.3 is 0 Å². The molecule has 0 saturated heterocycles. The smallest absolute Gasteiger partial charge is 0.0502 e. The maximum Gasteiger partial charge on any atom is 0.0502 e. The first-order valence-electron chi connectivity index (χ1n) is 6.62. The molecular weight excluding hydrogens is 186 g/mol. The molecule has 2 heteroatoms. The molecule has 2 aliphatic rings. The summed E-state index contributed by atoms with van der Waals surface area (Å²) in [5.74, 6) is 1.57. The monoisotopic (exact) mass is 211 g/mol. The van der Waals surface area contributed by atoms with Crippen molar-refractivity contribution in [3.63, 3.8) is 0 Å². The Labute approximate surface area is 93.2 Å². The number of rotatable bonds is 5. The topological polar surface area (TPSA) is 46.2 Å². The average molecular weight is 211 g/mol. The van der Waals surface area contributed by atoms with Gasteiger partial charge in [0.25, 0.3) is 0 Å². The highest BCUT2D eigenvalue weighted by Gasteiger charge is 2.44. The van der Waals surface area contributed by atoms with Gasteiger partial charge in [-0.15, -0.1) is 0 Å². The van der Waals surface area contributed by atoms with Crippen molar-refractivity contribution in [2.75, 3.05) is 13.2 Å². The molecule has 15 heavy (non-hydrogen) atoms. The molecule has 0 heterocycles. The van der Waals surface area contributed by atoms with Crippen LogP contribution in [0.1, 0.15) is 51.4 Å². The van der Waals surface area contributed by atoms with Gasteiger partial charge in [0.15, 0.2) is 0 Å². The van der Waals surface area contributed by atoms with E-state index in [4.69, 9.17) is 5.73 Å². The van der Waals surface area contributed by atoms with Crippen molar-refractivity contribution in [2.45, 2.75) is 51.4 Å². The van der Waals surface area contributed by atoms with Gasteiger partial charge in [-0.2, -0.15) is 0 Å². The zero-order chi connectivity index (χ0) is 10.7. The van der Waals surface area contributed by atoms with Gasteiger partial charge in [0.1, 0.15) is 0 Å². The highest BCUT2D eigenvalue weighted by atomic mass is 16.3. The van der Waals surface area contributed by atoms with Crippen LogP contribution in [0, 0.1) is 17.3 Å². The molecule has 0 aromatic rings. The third-order valence-electron chi connectivity index (χ3n) is 4.58. The van der Waals surface area contributed by atoms with Crippen LogP contribution in [0.4, 0.5) is 0 Å². The fourth-order valence-electron chi connectivity index (χ4n) is 3.34. The van der Waals surface area contributed by atoms with Gasteiger partial charge in [-0.05, 0) is 31.1 Å². The lowest BCUT2D eigenvalue weighted by Gasteiger charge is -2.36. The molecule has 1 atom stereocenters. The molecule has 0 amide bonds. The summed E-state index contributed by atoms with van der Waals surface area (Å²) in [5.41, 5.74) is 6.00. The molecule has 88 valence electrons. The Bertz CT molecular complexity index is 191. The molecule has 0 aliphatic heterocycles. The third-order valence-corrected chi connectivity index (χ3v) is 4.58. The van der Waals surface area contributed by atoms with E-state index in [0.29, 0.717) is 13.2 Å². The van der Waals surface area contributed by atoms with E-state index in [2.05, 4.69) is 0 Å².